The number of nitrogens with zero attached hydrogens (tertiary/aromatic N) is 1. The molecule has 0 bridgehead atoms. The van der Waals surface area contributed by atoms with Gasteiger partial charge in [-0.1, -0.05) is 35.9 Å². The molecule has 2 aromatic rings. The standard InChI is InChI=1S/C22H27NO3/c1-15-7-8-16(2)20(13-15)21(18-5-4-6-19(14-18)26-3)23-11-9-17(10-12-23)22(24)25/h4-8,13-14,17,21H,9-12H2,1-3H3,(H,24,25). The van der Waals surface area contributed by atoms with E-state index in [0.717, 1.165) is 18.8 Å². The monoisotopic (exact) mass is 353 g/mol. The van der Waals surface area contributed by atoms with Crippen LogP contribution in [0.3, 0.4) is 0 Å². The highest BCUT2D eigenvalue weighted by molar-refractivity contribution is 5.70. The molecule has 0 amide bonds. The summed E-state index contributed by atoms with van der Waals surface area (Å²) in [5.74, 6) is -0.0524. The molecule has 0 spiro atoms. The van der Waals surface area contributed by atoms with Gasteiger partial charge in [0.2, 0.25) is 0 Å². The molecule has 1 aliphatic rings. The zero-order chi connectivity index (χ0) is 18.7. The summed E-state index contributed by atoms with van der Waals surface area (Å²) in [6.45, 7) is 5.83. The van der Waals surface area contributed by atoms with Gasteiger partial charge in [-0.15, -0.1) is 0 Å². The second-order valence-electron chi connectivity index (χ2n) is 7.19. The minimum absolute atomic E-state index is 0.111. The number of rotatable bonds is 5. The van der Waals surface area contributed by atoms with Crippen LogP contribution in [0, 0.1) is 19.8 Å². The summed E-state index contributed by atoms with van der Waals surface area (Å²) in [7, 11) is 1.68. The molecule has 0 saturated carbocycles. The second kappa shape index (κ2) is 7.92. The first kappa shape index (κ1) is 18.5. The van der Waals surface area contributed by atoms with Crippen molar-refractivity contribution in [1.82, 2.24) is 4.90 Å². The van der Waals surface area contributed by atoms with E-state index in [1.807, 2.05) is 12.1 Å². The molecule has 138 valence electrons. The maximum Gasteiger partial charge on any atom is 0.306 e. The first-order valence-electron chi connectivity index (χ1n) is 9.17. The van der Waals surface area contributed by atoms with E-state index in [4.69, 9.17) is 4.74 Å². The fraction of sp³-hybridized carbons (Fsp3) is 0.409. The molecule has 2 aromatic carbocycles. The second-order valence-corrected chi connectivity index (χ2v) is 7.19. The van der Waals surface area contributed by atoms with Crippen molar-refractivity contribution in [3.8, 4) is 5.75 Å². The molecule has 0 aliphatic carbocycles. The molecule has 1 aliphatic heterocycles. The van der Waals surface area contributed by atoms with Crippen LogP contribution in [-0.4, -0.2) is 36.2 Å². The van der Waals surface area contributed by atoms with Crippen molar-refractivity contribution >= 4 is 5.97 Å². The lowest BCUT2D eigenvalue weighted by molar-refractivity contribution is -0.143. The lowest BCUT2D eigenvalue weighted by Gasteiger charge is -2.38. The normalized spacial score (nSPS) is 17.0. The van der Waals surface area contributed by atoms with Crippen LogP contribution in [0.2, 0.25) is 0 Å². The van der Waals surface area contributed by atoms with Crippen molar-refractivity contribution in [1.29, 1.82) is 0 Å². The molecule has 26 heavy (non-hydrogen) atoms. The lowest BCUT2D eigenvalue weighted by Crippen LogP contribution is -2.39. The van der Waals surface area contributed by atoms with E-state index >= 15 is 0 Å². The summed E-state index contributed by atoms with van der Waals surface area (Å²) in [5, 5.41) is 9.31. The lowest BCUT2D eigenvalue weighted by atomic mass is 9.89. The molecule has 3 rings (SSSR count). The highest BCUT2D eigenvalue weighted by Crippen LogP contribution is 2.35. The maximum atomic E-state index is 11.3. The van der Waals surface area contributed by atoms with E-state index in [1.165, 1.54) is 22.3 Å². The summed E-state index contributed by atoms with van der Waals surface area (Å²) in [5.41, 5.74) is 4.96. The van der Waals surface area contributed by atoms with Gasteiger partial charge in [0.05, 0.1) is 19.1 Å². The molecule has 1 fully saturated rings. The van der Waals surface area contributed by atoms with Crippen molar-refractivity contribution in [3.05, 3.63) is 64.7 Å². The number of aryl methyl sites for hydroxylation is 2. The smallest absolute Gasteiger partial charge is 0.306 e. The number of hydrogen-bond donors (Lipinski definition) is 1. The summed E-state index contributed by atoms with van der Waals surface area (Å²) < 4.78 is 5.43. The van der Waals surface area contributed by atoms with Crippen LogP contribution in [0.15, 0.2) is 42.5 Å². The molecule has 4 heteroatoms. The first-order chi connectivity index (χ1) is 12.5. The Morgan fingerprint density at radius 2 is 1.88 bits per heavy atom. The molecule has 1 saturated heterocycles. The van der Waals surface area contributed by atoms with Gasteiger partial charge < -0.3 is 9.84 Å². The molecule has 1 heterocycles. The summed E-state index contributed by atoms with van der Waals surface area (Å²) >= 11 is 0. The Kier molecular flexibility index (Phi) is 5.62. The van der Waals surface area contributed by atoms with Crippen LogP contribution in [0.1, 0.15) is 41.1 Å². The van der Waals surface area contributed by atoms with Crippen LogP contribution >= 0.6 is 0 Å². The number of likely N-dealkylation sites (tertiary alicyclic amines) is 1. The van der Waals surface area contributed by atoms with Gasteiger partial charge in [-0.3, -0.25) is 9.69 Å². The number of hydrogen-bond acceptors (Lipinski definition) is 3. The highest BCUT2D eigenvalue weighted by atomic mass is 16.5. The van der Waals surface area contributed by atoms with Gasteiger partial charge >= 0.3 is 5.97 Å². The Balaban J connectivity index is 1.99. The van der Waals surface area contributed by atoms with Crippen molar-refractivity contribution in [2.45, 2.75) is 32.7 Å². The van der Waals surface area contributed by atoms with Crippen molar-refractivity contribution in [2.75, 3.05) is 20.2 Å². The zero-order valence-electron chi connectivity index (χ0n) is 15.7. The molecule has 1 unspecified atom stereocenters. The fourth-order valence-electron chi connectivity index (χ4n) is 3.86. The zero-order valence-corrected chi connectivity index (χ0v) is 15.7. The summed E-state index contributed by atoms with van der Waals surface area (Å²) in [6.07, 6.45) is 1.39. The molecule has 1 atom stereocenters. The van der Waals surface area contributed by atoms with Crippen LogP contribution in [0.25, 0.3) is 0 Å². The van der Waals surface area contributed by atoms with Crippen molar-refractivity contribution < 1.29 is 14.6 Å². The first-order valence-corrected chi connectivity index (χ1v) is 9.17. The number of carboxylic acids is 1. The van der Waals surface area contributed by atoms with E-state index in [2.05, 4.69) is 49.1 Å². The Morgan fingerprint density at radius 1 is 1.15 bits per heavy atom. The Morgan fingerprint density at radius 3 is 2.54 bits per heavy atom. The maximum absolute atomic E-state index is 11.3. The average Bonchev–Trinajstić information content (AvgIpc) is 2.65. The number of piperidine rings is 1. The van der Waals surface area contributed by atoms with Crippen molar-refractivity contribution in [3.63, 3.8) is 0 Å². The van der Waals surface area contributed by atoms with Gasteiger partial charge in [0.15, 0.2) is 0 Å². The van der Waals surface area contributed by atoms with Gasteiger partial charge in [0.25, 0.3) is 0 Å². The van der Waals surface area contributed by atoms with E-state index in [0.29, 0.717) is 12.8 Å². The summed E-state index contributed by atoms with van der Waals surface area (Å²) in [4.78, 5) is 13.7. The molecule has 0 aromatic heterocycles. The molecule has 0 radical (unpaired) electrons. The molecule has 4 nitrogen and oxygen atoms in total. The van der Waals surface area contributed by atoms with Crippen LogP contribution < -0.4 is 4.74 Å². The van der Waals surface area contributed by atoms with Crippen LogP contribution in [-0.2, 0) is 4.79 Å². The summed E-state index contributed by atoms with van der Waals surface area (Å²) in [6, 6.07) is 14.9. The van der Waals surface area contributed by atoms with Gasteiger partial charge in [-0.05, 0) is 68.6 Å². The number of carboxylic acid groups (broad SMARTS) is 1. The predicted octanol–water partition coefficient (Wildman–Crippen LogP) is 4.20. The number of methoxy groups -OCH3 is 1. The fourth-order valence-corrected chi connectivity index (χ4v) is 3.86. The predicted molar refractivity (Wildman–Crippen MR) is 103 cm³/mol. The topological polar surface area (TPSA) is 49.8 Å². The Hall–Kier alpha value is -2.33. The number of benzene rings is 2. The van der Waals surface area contributed by atoms with Crippen LogP contribution in [0.4, 0.5) is 0 Å². The van der Waals surface area contributed by atoms with E-state index in [1.54, 1.807) is 7.11 Å². The van der Waals surface area contributed by atoms with Gasteiger partial charge in [-0.25, -0.2) is 0 Å². The third-order valence-corrected chi connectivity index (χ3v) is 5.38. The molecular weight excluding hydrogens is 326 g/mol. The van der Waals surface area contributed by atoms with E-state index in [9.17, 15) is 9.90 Å². The van der Waals surface area contributed by atoms with E-state index < -0.39 is 5.97 Å². The van der Waals surface area contributed by atoms with Crippen molar-refractivity contribution in [2.24, 2.45) is 5.92 Å². The Labute approximate surface area is 155 Å². The highest BCUT2D eigenvalue weighted by Gasteiger charge is 2.31. The number of carbonyl (C=O) groups is 1. The largest absolute Gasteiger partial charge is 0.497 e. The Bertz CT molecular complexity index is 779. The minimum Gasteiger partial charge on any atom is -0.497 e. The van der Waals surface area contributed by atoms with Crippen LogP contribution in [0.5, 0.6) is 5.75 Å². The quantitative estimate of drug-likeness (QED) is 0.875. The number of aliphatic carboxylic acids is 1. The SMILES string of the molecule is COc1cccc(C(c2cc(C)ccc2C)N2CCC(C(=O)O)CC2)c1. The van der Waals surface area contributed by atoms with E-state index in [-0.39, 0.29) is 12.0 Å². The third kappa shape index (κ3) is 3.91. The average molecular weight is 353 g/mol. The third-order valence-electron chi connectivity index (χ3n) is 5.38. The molecular formula is C22H27NO3. The van der Waals surface area contributed by atoms with Gasteiger partial charge in [0, 0.05) is 0 Å². The van der Waals surface area contributed by atoms with Gasteiger partial charge in [0.1, 0.15) is 5.75 Å². The minimum atomic E-state index is -0.672. The van der Waals surface area contributed by atoms with Gasteiger partial charge in [-0.2, -0.15) is 0 Å². The molecule has 1 N–H and O–H groups in total. The number of ether oxygens (including phenoxy) is 1.